The molecule has 14 heteroatoms. The van der Waals surface area contributed by atoms with Crippen molar-refractivity contribution in [2.45, 2.75) is 128 Å². The van der Waals surface area contributed by atoms with Gasteiger partial charge in [-0.25, -0.2) is 16.7 Å². The molecule has 0 aromatic carbocycles. The highest BCUT2D eigenvalue weighted by molar-refractivity contribution is 7.82. The van der Waals surface area contributed by atoms with E-state index in [0.717, 1.165) is 0 Å². The lowest BCUT2D eigenvalue weighted by Gasteiger charge is -2.32. The van der Waals surface area contributed by atoms with E-state index in [1.807, 2.05) is 6.92 Å². The molecule has 0 radical (unpaired) electrons. The average molecular weight is 537 g/mol. The number of rotatable bonds is 10. The highest BCUT2D eigenvalue weighted by atomic mass is 32.3. The first-order valence-electron chi connectivity index (χ1n) is 11.6. The lowest BCUT2D eigenvalue weighted by atomic mass is 10.0. The van der Waals surface area contributed by atoms with Gasteiger partial charge in [0.25, 0.3) is 0 Å². The topological polar surface area (TPSA) is 186 Å². The average Bonchev–Trinajstić information content (AvgIpc) is 2.64. The molecule has 12 nitrogen and oxygen atoms in total. The monoisotopic (exact) mass is 536 g/mol. The first kappa shape index (κ1) is 31.6. The van der Waals surface area contributed by atoms with Crippen LogP contribution >= 0.6 is 0 Å². The Morgan fingerprint density at radius 3 is 1.71 bits per heavy atom. The molecule has 4 N–H and O–H groups in total. The van der Waals surface area contributed by atoms with Gasteiger partial charge >= 0.3 is 20.8 Å². The molecule has 2 aliphatic heterocycles. The van der Waals surface area contributed by atoms with Crippen molar-refractivity contribution in [3.63, 3.8) is 0 Å². The maximum atomic E-state index is 11.4. The van der Waals surface area contributed by atoms with E-state index in [1.54, 1.807) is 20.8 Å². The maximum absolute atomic E-state index is 11.4. The van der Waals surface area contributed by atoms with Gasteiger partial charge in [0.15, 0.2) is 0 Å². The molecule has 2 fully saturated rings. The van der Waals surface area contributed by atoms with E-state index in [-0.39, 0.29) is 25.7 Å². The molecule has 8 atom stereocenters. The highest BCUT2D eigenvalue weighted by Gasteiger charge is 2.38. The first-order chi connectivity index (χ1) is 15.6. The Labute approximate surface area is 202 Å². The molecule has 0 spiro atoms. The van der Waals surface area contributed by atoms with Crippen LogP contribution in [-0.2, 0) is 37.5 Å². The predicted octanol–water partition coefficient (Wildman–Crippen LogP) is 0.674. The predicted molar refractivity (Wildman–Crippen MR) is 121 cm³/mol. The molecule has 0 saturated carbocycles. The van der Waals surface area contributed by atoms with Crippen LogP contribution in [0.25, 0.3) is 0 Å². The van der Waals surface area contributed by atoms with Crippen molar-refractivity contribution in [1.82, 2.24) is 0 Å². The molecular weight excluding hydrogens is 496 g/mol. The quantitative estimate of drug-likeness (QED) is 0.306. The van der Waals surface area contributed by atoms with Crippen LogP contribution in [0.15, 0.2) is 0 Å². The van der Waals surface area contributed by atoms with Crippen molar-refractivity contribution in [3.05, 3.63) is 0 Å². The molecule has 0 aliphatic carbocycles. The summed E-state index contributed by atoms with van der Waals surface area (Å²) < 4.78 is 64.6. The molecule has 0 aromatic heterocycles. The van der Waals surface area contributed by atoms with Crippen LogP contribution in [0.1, 0.15) is 79.1 Å². The van der Waals surface area contributed by atoms with E-state index < -0.39 is 69.6 Å². The minimum atomic E-state index is -4.02. The summed E-state index contributed by atoms with van der Waals surface area (Å²) in [4.78, 5) is 0. The Bertz CT molecular complexity index is 785. The zero-order valence-electron chi connectivity index (χ0n) is 20.1. The van der Waals surface area contributed by atoms with E-state index in [2.05, 4.69) is 4.18 Å². The smallest absolute Gasteiger partial charge is 0.393 e. The Hall–Kier alpha value is -0.420. The number of hydrogen-bond acceptors (Lipinski definition) is 12. The van der Waals surface area contributed by atoms with Gasteiger partial charge in [-0.1, -0.05) is 13.8 Å². The fourth-order valence-electron chi connectivity index (χ4n) is 3.75. The van der Waals surface area contributed by atoms with Crippen LogP contribution in [0.2, 0.25) is 0 Å². The van der Waals surface area contributed by atoms with Crippen LogP contribution in [0.3, 0.4) is 0 Å². The molecule has 8 unspecified atom stereocenters. The third-order valence-corrected chi connectivity index (χ3v) is 7.41. The molecular formula is C20H40O12S2. The lowest BCUT2D eigenvalue weighted by Crippen LogP contribution is -2.40. The van der Waals surface area contributed by atoms with Crippen molar-refractivity contribution in [2.75, 3.05) is 0 Å². The molecule has 204 valence electrons. The lowest BCUT2D eigenvalue weighted by molar-refractivity contribution is -0.00777. The van der Waals surface area contributed by atoms with E-state index in [9.17, 15) is 32.2 Å². The number of aliphatic hydroxyl groups is 4. The number of hydrogen-bond donors (Lipinski definition) is 4. The fraction of sp³-hybridized carbons (Fsp3) is 1.00. The van der Waals surface area contributed by atoms with Gasteiger partial charge in [0.2, 0.25) is 0 Å². The summed E-state index contributed by atoms with van der Waals surface area (Å²) in [5.74, 6) is 0. The standard InChI is InChI=1S/C10H18O8S2.C10H22O4/c1-3-8-5-10(18-20(13,14)16-8)6-9-4-7(2)15-19(11,12)17-9;1-3-8(12)5-10(14)6-9(13)4-7(2)11/h7-10H,3-6H2,1-2H3;7-14H,3-6H2,1-2H3. The normalized spacial score (nSPS) is 32.0. The van der Waals surface area contributed by atoms with Gasteiger partial charge in [-0.3, -0.25) is 0 Å². The maximum Gasteiger partial charge on any atom is 0.400 e. The summed E-state index contributed by atoms with van der Waals surface area (Å²) in [6.45, 7) is 6.85. The second-order valence-corrected chi connectivity index (χ2v) is 11.3. The van der Waals surface area contributed by atoms with Gasteiger partial charge in [0, 0.05) is 19.3 Å². The van der Waals surface area contributed by atoms with E-state index in [1.165, 1.54) is 0 Å². The minimum Gasteiger partial charge on any atom is -0.393 e. The third-order valence-electron chi connectivity index (χ3n) is 5.32. The SMILES string of the molecule is CCC(O)CC(O)CC(O)CC(C)O.CCC1CC(CC2CC(C)OS(=O)(=O)O2)OS(=O)(=O)O1. The second-order valence-electron chi connectivity index (χ2n) is 8.92. The molecule has 0 bridgehead atoms. The second kappa shape index (κ2) is 14.4. The van der Waals surface area contributed by atoms with Crippen molar-refractivity contribution in [2.24, 2.45) is 0 Å². The van der Waals surface area contributed by atoms with Crippen LogP contribution in [0, 0.1) is 0 Å². The Kier molecular flexibility index (Phi) is 13.3. The third kappa shape index (κ3) is 13.0. The summed E-state index contributed by atoms with van der Waals surface area (Å²) in [6.07, 6.45) is -1.94. The first-order valence-corrected chi connectivity index (χ1v) is 14.3. The molecule has 2 heterocycles. The molecule has 0 amide bonds. The van der Waals surface area contributed by atoms with E-state index in [0.29, 0.717) is 25.7 Å². The molecule has 0 aromatic rings. The summed E-state index contributed by atoms with van der Waals surface area (Å²) in [5, 5.41) is 37.0. The minimum absolute atomic E-state index is 0.159. The highest BCUT2D eigenvalue weighted by Crippen LogP contribution is 2.29. The van der Waals surface area contributed by atoms with Crippen LogP contribution < -0.4 is 0 Å². The van der Waals surface area contributed by atoms with Gasteiger partial charge in [-0.05, 0) is 46.0 Å². The largest absolute Gasteiger partial charge is 0.400 e. The Balaban J connectivity index is 0.000000365. The van der Waals surface area contributed by atoms with Gasteiger partial charge in [0.1, 0.15) is 0 Å². The van der Waals surface area contributed by atoms with Crippen molar-refractivity contribution in [3.8, 4) is 0 Å². The molecule has 2 aliphatic rings. The summed E-state index contributed by atoms with van der Waals surface area (Å²) in [6, 6.07) is 0. The Morgan fingerprint density at radius 2 is 1.21 bits per heavy atom. The zero-order chi connectivity index (χ0) is 26.1. The van der Waals surface area contributed by atoms with Gasteiger partial charge < -0.3 is 20.4 Å². The molecule has 34 heavy (non-hydrogen) atoms. The fourth-order valence-corrected chi connectivity index (χ4v) is 5.85. The molecule has 2 rings (SSSR count). The van der Waals surface area contributed by atoms with E-state index >= 15 is 0 Å². The molecule has 2 saturated heterocycles. The number of aliphatic hydroxyl groups excluding tert-OH is 4. The van der Waals surface area contributed by atoms with Crippen LogP contribution in [-0.4, -0.2) is 86.1 Å². The van der Waals surface area contributed by atoms with Gasteiger partial charge in [-0.2, -0.15) is 16.8 Å². The summed E-state index contributed by atoms with van der Waals surface area (Å²) in [7, 11) is -8.04. The van der Waals surface area contributed by atoms with Crippen molar-refractivity contribution in [1.29, 1.82) is 0 Å². The van der Waals surface area contributed by atoms with E-state index in [4.69, 9.17) is 17.7 Å². The zero-order valence-corrected chi connectivity index (χ0v) is 21.8. The van der Waals surface area contributed by atoms with Crippen molar-refractivity contribution < 1.29 is 54.0 Å². The summed E-state index contributed by atoms with van der Waals surface area (Å²) in [5.41, 5.74) is 0. The summed E-state index contributed by atoms with van der Waals surface area (Å²) >= 11 is 0. The van der Waals surface area contributed by atoms with Crippen LogP contribution in [0.4, 0.5) is 0 Å². The van der Waals surface area contributed by atoms with Gasteiger partial charge in [-0.15, -0.1) is 0 Å². The van der Waals surface area contributed by atoms with Crippen molar-refractivity contribution >= 4 is 20.8 Å². The van der Waals surface area contributed by atoms with Gasteiger partial charge in [0.05, 0.1) is 48.8 Å². The van der Waals surface area contributed by atoms with Crippen LogP contribution in [0.5, 0.6) is 0 Å². The Morgan fingerprint density at radius 1 is 0.735 bits per heavy atom.